The molecule has 0 aliphatic rings. The van der Waals surface area contributed by atoms with Gasteiger partial charge in [-0.3, -0.25) is 0 Å². The molecule has 0 aliphatic heterocycles. The van der Waals surface area contributed by atoms with Gasteiger partial charge >= 0.3 is 5.97 Å². The molecule has 17 heavy (non-hydrogen) atoms. The van der Waals surface area contributed by atoms with Crippen LogP contribution in [-0.4, -0.2) is 15.6 Å². The summed E-state index contributed by atoms with van der Waals surface area (Å²) >= 11 is 0. The first-order valence-corrected chi connectivity index (χ1v) is 5.48. The van der Waals surface area contributed by atoms with Gasteiger partial charge in [0, 0.05) is 18.1 Å². The zero-order chi connectivity index (χ0) is 12.7. The molecule has 1 heterocycles. The Morgan fingerprint density at radius 3 is 2.65 bits per heavy atom. The largest absolute Gasteiger partial charge is 0.478 e. The van der Waals surface area contributed by atoms with Gasteiger partial charge in [0.2, 0.25) is 0 Å². The maximum absolute atomic E-state index is 14.1. The zero-order valence-electron chi connectivity index (χ0n) is 10.0. The summed E-state index contributed by atoms with van der Waals surface area (Å²) in [4.78, 5) is 10.9. The van der Waals surface area contributed by atoms with E-state index >= 15 is 0 Å². The number of nitrogens with zero attached hydrogens (tertiary/aromatic N) is 1. The number of rotatable bonds is 2. The summed E-state index contributed by atoms with van der Waals surface area (Å²) in [5, 5.41) is 9.32. The minimum Gasteiger partial charge on any atom is -0.478 e. The predicted molar refractivity (Wildman–Crippen MR) is 64.0 cm³/mol. The Bertz CT molecular complexity index is 614. The van der Waals surface area contributed by atoms with Gasteiger partial charge < -0.3 is 9.67 Å². The summed E-state index contributed by atoms with van der Waals surface area (Å²) in [5.74, 6) is -1.87. The maximum atomic E-state index is 14.1. The van der Waals surface area contributed by atoms with Crippen LogP contribution in [0.4, 0.5) is 4.39 Å². The van der Waals surface area contributed by atoms with E-state index in [1.807, 2.05) is 25.5 Å². The number of carboxylic acids is 1. The van der Waals surface area contributed by atoms with Crippen molar-refractivity contribution in [3.8, 4) is 0 Å². The molecule has 4 heteroatoms. The Morgan fingerprint density at radius 2 is 2.12 bits per heavy atom. The molecule has 0 radical (unpaired) electrons. The molecule has 2 aromatic rings. The second-order valence-corrected chi connectivity index (χ2v) is 4.11. The van der Waals surface area contributed by atoms with Crippen molar-refractivity contribution >= 4 is 16.9 Å². The fourth-order valence-electron chi connectivity index (χ4n) is 2.41. The van der Waals surface area contributed by atoms with E-state index in [2.05, 4.69) is 0 Å². The average Bonchev–Trinajstić information content (AvgIpc) is 2.51. The second kappa shape index (κ2) is 3.87. The van der Waals surface area contributed by atoms with Crippen LogP contribution in [0.3, 0.4) is 0 Å². The first kappa shape index (κ1) is 11.6. The van der Waals surface area contributed by atoms with Crippen LogP contribution < -0.4 is 0 Å². The van der Waals surface area contributed by atoms with E-state index < -0.39 is 11.8 Å². The smallest absolute Gasteiger partial charge is 0.338 e. The summed E-state index contributed by atoms with van der Waals surface area (Å²) in [6.45, 7) is 3.83. The molecule has 2 rings (SSSR count). The lowest BCUT2D eigenvalue weighted by Gasteiger charge is -2.02. The molecular weight excluding hydrogens is 221 g/mol. The van der Waals surface area contributed by atoms with Crippen molar-refractivity contribution in [2.24, 2.45) is 7.05 Å². The molecular formula is C13H14FNO2. The van der Waals surface area contributed by atoms with E-state index in [1.54, 1.807) is 6.07 Å². The van der Waals surface area contributed by atoms with E-state index in [4.69, 9.17) is 5.11 Å². The Labute approximate surface area is 98.5 Å². The minimum absolute atomic E-state index is 0.270. The van der Waals surface area contributed by atoms with Gasteiger partial charge in [0.05, 0.1) is 11.1 Å². The van der Waals surface area contributed by atoms with Gasteiger partial charge in [-0.1, -0.05) is 6.92 Å². The number of hydrogen-bond acceptors (Lipinski definition) is 1. The Balaban J connectivity index is 2.91. The Hall–Kier alpha value is -1.84. The van der Waals surface area contributed by atoms with E-state index in [0.29, 0.717) is 5.39 Å². The second-order valence-electron chi connectivity index (χ2n) is 4.11. The van der Waals surface area contributed by atoms with Crippen molar-refractivity contribution in [3.63, 3.8) is 0 Å². The van der Waals surface area contributed by atoms with Crippen LogP contribution in [0.5, 0.6) is 0 Å². The average molecular weight is 235 g/mol. The molecule has 0 aliphatic carbocycles. The lowest BCUT2D eigenvalue weighted by molar-refractivity contribution is 0.0692. The molecule has 0 saturated heterocycles. The summed E-state index contributed by atoms with van der Waals surface area (Å²) in [6.07, 6.45) is 0.791. The molecule has 3 nitrogen and oxygen atoms in total. The van der Waals surface area contributed by atoms with Crippen LogP contribution in [0.1, 0.15) is 28.5 Å². The minimum atomic E-state index is -1.23. The number of carboxylic acid groups (broad SMARTS) is 1. The highest BCUT2D eigenvalue weighted by Gasteiger charge is 2.19. The quantitative estimate of drug-likeness (QED) is 0.869. The molecule has 0 atom stereocenters. The maximum Gasteiger partial charge on any atom is 0.338 e. The van der Waals surface area contributed by atoms with Crippen molar-refractivity contribution in [3.05, 3.63) is 34.8 Å². The first-order valence-electron chi connectivity index (χ1n) is 5.48. The van der Waals surface area contributed by atoms with Gasteiger partial charge in [0.15, 0.2) is 0 Å². The van der Waals surface area contributed by atoms with E-state index in [0.717, 1.165) is 23.2 Å². The van der Waals surface area contributed by atoms with Gasteiger partial charge in [0.1, 0.15) is 5.82 Å². The summed E-state index contributed by atoms with van der Waals surface area (Å²) < 4.78 is 16.0. The monoisotopic (exact) mass is 235 g/mol. The van der Waals surface area contributed by atoms with Gasteiger partial charge in [-0.15, -0.1) is 0 Å². The first-order chi connectivity index (χ1) is 7.99. The fourth-order valence-corrected chi connectivity index (χ4v) is 2.41. The van der Waals surface area contributed by atoms with Crippen molar-refractivity contribution in [2.45, 2.75) is 20.3 Å². The number of hydrogen-bond donors (Lipinski definition) is 1. The normalized spacial score (nSPS) is 11.1. The Kier molecular flexibility index (Phi) is 2.65. The number of aromatic carboxylic acids is 1. The highest BCUT2D eigenvalue weighted by molar-refractivity contribution is 5.96. The highest BCUT2D eigenvalue weighted by atomic mass is 19.1. The SMILES string of the molecule is CCc1c(C)c2c(F)c(C(=O)O)ccc2n1C. The number of carbonyl (C=O) groups is 1. The van der Waals surface area contributed by atoms with E-state index in [9.17, 15) is 9.18 Å². The van der Waals surface area contributed by atoms with Gasteiger partial charge in [-0.2, -0.15) is 0 Å². The molecule has 0 amide bonds. The third kappa shape index (κ3) is 1.52. The van der Waals surface area contributed by atoms with Crippen molar-refractivity contribution < 1.29 is 14.3 Å². The van der Waals surface area contributed by atoms with Crippen LogP contribution in [0, 0.1) is 12.7 Å². The van der Waals surface area contributed by atoms with Crippen LogP contribution in [0.15, 0.2) is 12.1 Å². The lowest BCUT2D eigenvalue weighted by Crippen LogP contribution is -2.01. The molecule has 0 unspecified atom stereocenters. The highest BCUT2D eigenvalue weighted by Crippen LogP contribution is 2.29. The summed E-state index contributed by atoms with van der Waals surface area (Å²) in [5.41, 5.74) is 2.32. The number of aryl methyl sites for hydroxylation is 2. The molecule has 0 saturated carbocycles. The molecule has 0 spiro atoms. The van der Waals surface area contributed by atoms with Gasteiger partial charge in [-0.05, 0) is 31.0 Å². The molecule has 1 N–H and O–H groups in total. The van der Waals surface area contributed by atoms with Crippen LogP contribution in [0.2, 0.25) is 0 Å². The van der Waals surface area contributed by atoms with Gasteiger partial charge in [-0.25, -0.2) is 9.18 Å². The summed E-state index contributed by atoms with van der Waals surface area (Å²) in [6, 6.07) is 2.98. The number of halogens is 1. The predicted octanol–water partition coefficient (Wildman–Crippen LogP) is 2.89. The Morgan fingerprint density at radius 1 is 1.47 bits per heavy atom. The third-order valence-electron chi connectivity index (χ3n) is 3.26. The zero-order valence-corrected chi connectivity index (χ0v) is 10.0. The summed E-state index contributed by atoms with van der Waals surface area (Å²) in [7, 11) is 1.87. The fraction of sp³-hybridized carbons (Fsp3) is 0.308. The number of benzene rings is 1. The van der Waals surface area contributed by atoms with E-state index in [-0.39, 0.29) is 5.56 Å². The van der Waals surface area contributed by atoms with Gasteiger partial charge in [0.25, 0.3) is 0 Å². The lowest BCUT2D eigenvalue weighted by atomic mass is 10.1. The molecule has 0 fully saturated rings. The molecule has 1 aromatic heterocycles. The van der Waals surface area contributed by atoms with Crippen molar-refractivity contribution in [1.29, 1.82) is 0 Å². The molecule has 0 bridgehead atoms. The van der Waals surface area contributed by atoms with Crippen molar-refractivity contribution in [2.75, 3.05) is 0 Å². The van der Waals surface area contributed by atoms with E-state index in [1.165, 1.54) is 6.07 Å². The van der Waals surface area contributed by atoms with Crippen LogP contribution in [-0.2, 0) is 13.5 Å². The van der Waals surface area contributed by atoms with Crippen LogP contribution in [0.25, 0.3) is 10.9 Å². The molecule has 1 aromatic carbocycles. The van der Waals surface area contributed by atoms with Crippen molar-refractivity contribution in [1.82, 2.24) is 4.57 Å². The molecule has 90 valence electrons. The standard InChI is InChI=1S/C13H14FNO2/c1-4-9-7(2)11-10(15(9)3)6-5-8(12(11)14)13(16)17/h5-6H,4H2,1-3H3,(H,16,17). The van der Waals surface area contributed by atoms with Crippen LogP contribution >= 0.6 is 0 Å². The number of fused-ring (bicyclic) bond motifs is 1. The topological polar surface area (TPSA) is 42.2 Å². The third-order valence-corrected chi connectivity index (χ3v) is 3.26. The number of aromatic nitrogens is 1.